The van der Waals surface area contributed by atoms with Crippen LogP contribution in [0.15, 0.2) is 77.7 Å². The number of sulfone groups is 1. The highest BCUT2D eigenvalue weighted by molar-refractivity contribution is 7.90. The van der Waals surface area contributed by atoms with Crippen molar-refractivity contribution in [3.05, 3.63) is 101 Å². The van der Waals surface area contributed by atoms with Crippen LogP contribution in [0.25, 0.3) is 0 Å². The van der Waals surface area contributed by atoms with Crippen LogP contribution in [-0.4, -0.2) is 33.2 Å². The zero-order valence-electron chi connectivity index (χ0n) is 18.6. The van der Waals surface area contributed by atoms with Gasteiger partial charge in [0.25, 0.3) is 5.91 Å². The van der Waals surface area contributed by atoms with Gasteiger partial charge in [-0.15, -0.1) is 0 Å². The van der Waals surface area contributed by atoms with Crippen LogP contribution in [0.4, 0.5) is 4.79 Å². The number of hydrogen-bond donors (Lipinski definition) is 3. The van der Waals surface area contributed by atoms with Crippen molar-refractivity contribution in [3.63, 3.8) is 0 Å². The minimum absolute atomic E-state index is 0.0394. The first-order valence-electron chi connectivity index (χ1n) is 11.1. The summed E-state index contributed by atoms with van der Waals surface area (Å²) in [6.45, 7) is 0.467. The van der Waals surface area contributed by atoms with Gasteiger partial charge in [0.1, 0.15) is 0 Å². The standard InChI is InChI=1S/C26H25N3O4S/c1-34(32,33)18-8-6-7-16(13-18)25(30)28-29-26(31)27-15-17-14-23-19-9-2-4-11-21(19)24(17)22-12-5-3-10-20(22)23/h2-13,17,23-24H,14-15H2,1H3,(H,28,30)(H2,27,29,31). The molecule has 174 valence electrons. The Kier molecular flexibility index (Phi) is 5.61. The number of hydrazine groups is 1. The van der Waals surface area contributed by atoms with Crippen molar-refractivity contribution in [1.82, 2.24) is 16.2 Å². The molecule has 1 unspecified atom stereocenters. The molecule has 3 N–H and O–H groups in total. The van der Waals surface area contributed by atoms with Gasteiger partial charge in [-0.1, -0.05) is 54.6 Å². The summed E-state index contributed by atoms with van der Waals surface area (Å²) in [7, 11) is -3.44. The maximum absolute atomic E-state index is 12.4. The molecule has 0 spiro atoms. The molecule has 0 radical (unpaired) electrons. The fourth-order valence-electron chi connectivity index (χ4n) is 5.28. The van der Waals surface area contributed by atoms with E-state index in [1.54, 1.807) is 0 Å². The lowest BCUT2D eigenvalue weighted by molar-refractivity contribution is 0.0936. The molecule has 0 aromatic heterocycles. The Balaban J connectivity index is 1.23. The summed E-state index contributed by atoms with van der Waals surface area (Å²) in [5.41, 5.74) is 10.2. The minimum Gasteiger partial charge on any atom is -0.336 e. The first kappa shape index (κ1) is 22.2. The third-order valence-corrected chi connectivity index (χ3v) is 7.87. The number of hydrogen-bond acceptors (Lipinski definition) is 4. The summed E-state index contributed by atoms with van der Waals surface area (Å²) in [6, 6.07) is 22.2. The Morgan fingerprint density at radius 3 is 2.09 bits per heavy atom. The van der Waals surface area contributed by atoms with E-state index in [4.69, 9.17) is 0 Å². The molecule has 2 bridgehead atoms. The molecule has 34 heavy (non-hydrogen) atoms. The molecule has 3 aliphatic rings. The topological polar surface area (TPSA) is 104 Å². The lowest BCUT2D eigenvalue weighted by Gasteiger charge is -2.45. The third kappa shape index (κ3) is 4.05. The molecule has 7 nitrogen and oxygen atoms in total. The summed E-state index contributed by atoms with van der Waals surface area (Å²) >= 11 is 0. The van der Waals surface area contributed by atoms with E-state index in [9.17, 15) is 18.0 Å². The molecule has 0 aliphatic heterocycles. The predicted molar refractivity (Wildman–Crippen MR) is 128 cm³/mol. The maximum Gasteiger partial charge on any atom is 0.333 e. The SMILES string of the molecule is CS(=O)(=O)c1cccc(C(=O)NNC(=O)NCC2CC3c4ccccc4C2c2ccccc23)c1. The van der Waals surface area contributed by atoms with Crippen LogP contribution in [0, 0.1) is 5.92 Å². The van der Waals surface area contributed by atoms with E-state index in [1.165, 1.54) is 46.5 Å². The average molecular weight is 476 g/mol. The van der Waals surface area contributed by atoms with E-state index in [2.05, 4.69) is 64.7 Å². The number of amides is 3. The molecule has 0 fully saturated rings. The molecular weight excluding hydrogens is 450 g/mol. The van der Waals surface area contributed by atoms with Gasteiger partial charge in [0.05, 0.1) is 4.90 Å². The highest BCUT2D eigenvalue weighted by Crippen LogP contribution is 2.55. The van der Waals surface area contributed by atoms with Gasteiger partial charge in [0, 0.05) is 30.2 Å². The van der Waals surface area contributed by atoms with E-state index in [0.717, 1.165) is 12.7 Å². The fourth-order valence-corrected chi connectivity index (χ4v) is 5.95. The zero-order chi connectivity index (χ0) is 23.9. The molecule has 1 atom stereocenters. The van der Waals surface area contributed by atoms with E-state index in [-0.39, 0.29) is 22.3 Å². The van der Waals surface area contributed by atoms with E-state index in [0.29, 0.717) is 12.5 Å². The number of benzene rings is 3. The first-order valence-corrected chi connectivity index (χ1v) is 13.0. The molecular formula is C26H25N3O4S. The predicted octanol–water partition coefficient (Wildman–Crippen LogP) is 3.33. The molecule has 6 rings (SSSR count). The molecule has 3 aromatic rings. The van der Waals surface area contributed by atoms with Gasteiger partial charge in [0.15, 0.2) is 9.84 Å². The third-order valence-electron chi connectivity index (χ3n) is 6.76. The highest BCUT2D eigenvalue weighted by Gasteiger charge is 2.42. The van der Waals surface area contributed by atoms with Crippen molar-refractivity contribution in [2.24, 2.45) is 5.92 Å². The van der Waals surface area contributed by atoms with E-state index >= 15 is 0 Å². The van der Waals surface area contributed by atoms with Crippen LogP contribution >= 0.6 is 0 Å². The Labute approximate surface area is 198 Å². The highest BCUT2D eigenvalue weighted by atomic mass is 32.2. The van der Waals surface area contributed by atoms with Crippen molar-refractivity contribution in [2.45, 2.75) is 23.2 Å². The molecule has 3 aliphatic carbocycles. The second-order valence-corrected chi connectivity index (χ2v) is 10.9. The van der Waals surface area contributed by atoms with Gasteiger partial charge in [0.2, 0.25) is 0 Å². The molecule has 0 saturated heterocycles. The smallest absolute Gasteiger partial charge is 0.333 e. The molecule has 0 heterocycles. The Morgan fingerprint density at radius 2 is 1.47 bits per heavy atom. The Hall–Kier alpha value is -3.65. The Morgan fingerprint density at radius 1 is 0.853 bits per heavy atom. The lowest BCUT2D eigenvalue weighted by atomic mass is 9.59. The largest absolute Gasteiger partial charge is 0.336 e. The molecule has 8 heteroatoms. The van der Waals surface area contributed by atoms with E-state index in [1.807, 2.05) is 0 Å². The molecule has 3 amide bonds. The number of fused-ring (bicyclic) bond motifs is 1. The number of nitrogens with one attached hydrogen (secondary N) is 3. The second kappa shape index (κ2) is 8.61. The molecule has 3 aromatic carbocycles. The number of rotatable bonds is 4. The van der Waals surface area contributed by atoms with Gasteiger partial charge < -0.3 is 5.32 Å². The number of urea groups is 1. The van der Waals surface area contributed by atoms with Crippen LogP contribution < -0.4 is 16.2 Å². The van der Waals surface area contributed by atoms with Crippen LogP contribution in [0.3, 0.4) is 0 Å². The first-order chi connectivity index (χ1) is 16.3. The summed E-state index contributed by atoms with van der Waals surface area (Å²) < 4.78 is 23.4. The van der Waals surface area contributed by atoms with Crippen molar-refractivity contribution in [2.75, 3.05) is 12.8 Å². The zero-order valence-corrected chi connectivity index (χ0v) is 19.4. The van der Waals surface area contributed by atoms with Crippen LogP contribution in [0.5, 0.6) is 0 Å². The normalized spacial score (nSPS) is 20.1. The van der Waals surface area contributed by atoms with Crippen molar-refractivity contribution in [1.29, 1.82) is 0 Å². The minimum atomic E-state index is -3.44. The van der Waals surface area contributed by atoms with Crippen molar-refractivity contribution in [3.8, 4) is 0 Å². The lowest BCUT2D eigenvalue weighted by Crippen LogP contribution is -2.49. The summed E-state index contributed by atoms with van der Waals surface area (Å²) in [6.07, 6.45) is 2.02. The van der Waals surface area contributed by atoms with Crippen molar-refractivity contribution >= 4 is 21.8 Å². The van der Waals surface area contributed by atoms with Crippen LogP contribution in [0.1, 0.15) is 50.9 Å². The summed E-state index contributed by atoms with van der Waals surface area (Å²) in [4.78, 5) is 24.8. The number of carbonyl (C=O) groups excluding carboxylic acids is 2. The van der Waals surface area contributed by atoms with Gasteiger partial charge in [-0.3, -0.25) is 10.2 Å². The monoisotopic (exact) mass is 475 g/mol. The van der Waals surface area contributed by atoms with Gasteiger partial charge in [-0.25, -0.2) is 18.6 Å². The van der Waals surface area contributed by atoms with Crippen LogP contribution in [-0.2, 0) is 9.84 Å². The molecule has 0 saturated carbocycles. The van der Waals surface area contributed by atoms with Crippen molar-refractivity contribution < 1.29 is 18.0 Å². The second-order valence-electron chi connectivity index (χ2n) is 8.87. The Bertz CT molecular complexity index is 1340. The fraction of sp³-hybridized carbons (Fsp3) is 0.231. The van der Waals surface area contributed by atoms with E-state index < -0.39 is 21.8 Å². The van der Waals surface area contributed by atoms with Gasteiger partial charge >= 0.3 is 6.03 Å². The van der Waals surface area contributed by atoms with Gasteiger partial charge in [-0.05, 0) is 52.8 Å². The number of carbonyl (C=O) groups is 2. The quantitative estimate of drug-likeness (QED) is 0.504. The van der Waals surface area contributed by atoms with Gasteiger partial charge in [-0.2, -0.15) is 0 Å². The average Bonchev–Trinajstić information content (AvgIpc) is 2.85. The maximum atomic E-state index is 12.4. The summed E-state index contributed by atoms with van der Waals surface area (Å²) in [5, 5.41) is 2.88. The summed E-state index contributed by atoms with van der Waals surface area (Å²) in [5.74, 6) is 0.169. The van der Waals surface area contributed by atoms with Crippen LogP contribution in [0.2, 0.25) is 0 Å².